The van der Waals surface area contributed by atoms with Gasteiger partial charge in [-0.3, -0.25) is 9.69 Å². The van der Waals surface area contributed by atoms with Crippen molar-refractivity contribution < 1.29 is 4.79 Å². The SMILES string of the molecule is CC(C(=O)NC1CCCCC1)N1CCC(C)(C#N)CC1. The summed E-state index contributed by atoms with van der Waals surface area (Å²) in [5.41, 5.74) is -0.198. The number of carbonyl (C=O) groups is 1. The summed E-state index contributed by atoms with van der Waals surface area (Å²) in [6.45, 7) is 5.72. The highest BCUT2D eigenvalue weighted by Crippen LogP contribution is 2.30. The van der Waals surface area contributed by atoms with Crippen LogP contribution in [0.1, 0.15) is 58.8 Å². The molecule has 1 saturated carbocycles. The van der Waals surface area contributed by atoms with E-state index in [0.717, 1.165) is 38.8 Å². The molecule has 1 atom stereocenters. The molecule has 1 unspecified atom stereocenters. The minimum absolute atomic E-state index is 0.0693. The second-order valence-corrected chi connectivity index (χ2v) is 6.73. The van der Waals surface area contributed by atoms with Crippen LogP contribution in [0.15, 0.2) is 0 Å². The molecule has 0 aromatic rings. The average molecular weight is 277 g/mol. The highest BCUT2D eigenvalue weighted by Gasteiger charge is 2.33. The summed E-state index contributed by atoms with van der Waals surface area (Å²) in [4.78, 5) is 14.5. The van der Waals surface area contributed by atoms with Gasteiger partial charge in [-0.15, -0.1) is 0 Å². The van der Waals surface area contributed by atoms with E-state index in [2.05, 4.69) is 16.3 Å². The molecular formula is C16H27N3O. The predicted molar refractivity (Wildman–Crippen MR) is 79.0 cm³/mol. The number of carbonyl (C=O) groups excluding carboxylic acids is 1. The zero-order valence-corrected chi connectivity index (χ0v) is 12.8. The molecular weight excluding hydrogens is 250 g/mol. The maximum Gasteiger partial charge on any atom is 0.237 e. The molecule has 20 heavy (non-hydrogen) atoms. The lowest BCUT2D eigenvalue weighted by Gasteiger charge is -2.38. The Kier molecular flexibility index (Phi) is 5.04. The third kappa shape index (κ3) is 3.73. The number of likely N-dealkylation sites (tertiary alicyclic amines) is 1. The van der Waals surface area contributed by atoms with E-state index in [1.165, 1.54) is 19.3 Å². The van der Waals surface area contributed by atoms with Crippen LogP contribution in [0.25, 0.3) is 0 Å². The van der Waals surface area contributed by atoms with E-state index in [1.54, 1.807) is 0 Å². The van der Waals surface area contributed by atoms with Gasteiger partial charge in [0.05, 0.1) is 17.5 Å². The number of rotatable bonds is 3. The zero-order chi connectivity index (χ0) is 14.6. The van der Waals surface area contributed by atoms with Crippen molar-refractivity contribution in [3.63, 3.8) is 0 Å². The van der Waals surface area contributed by atoms with Crippen LogP contribution in [0.5, 0.6) is 0 Å². The first-order valence-electron chi connectivity index (χ1n) is 8.00. The van der Waals surface area contributed by atoms with Gasteiger partial charge in [0.15, 0.2) is 0 Å². The maximum atomic E-state index is 12.3. The summed E-state index contributed by atoms with van der Waals surface area (Å²) in [5.74, 6) is 0.164. The molecule has 1 aliphatic carbocycles. The molecule has 4 heteroatoms. The van der Waals surface area contributed by atoms with Crippen molar-refractivity contribution in [1.29, 1.82) is 5.26 Å². The molecule has 2 rings (SSSR count). The first-order chi connectivity index (χ1) is 9.54. The Bertz CT molecular complexity index is 374. The Morgan fingerprint density at radius 3 is 2.45 bits per heavy atom. The van der Waals surface area contributed by atoms with Gasteiger partial charge in [0.2, 0.25) is 5.91 Å². The fraction of sp³-hybridized carbons (Fsp3) is 0.875. The van der Waals surface area contributed by atoms with E-state index in [9.17, 15) is 4.79 Å². The van der Waals surface area contributed by atoms with Gasteiger partial charge in [-0.1, -0.05) is 19.3 Å². The first-order valence-corrected chi connectivity index (χ1v) is 8.00. The normalized spacial score (nSPS) is 25.6. The van der Waals surface area contributed by atoms with E-state index in [-0.39, 0.29) is 17.4 Å². The van der Waals surface area contributed by atoms with Gasteiger partial charge >= 0.3 is 0 Å². The summed E-state index contributed by atoms with van der Waals surface area (Å²) >= 11 is 0. The monoisotopic (exact) mass is 277 g/mol. The Morgan fingerprint density at radius 2 is 1.90 bits per heavy atom. The summed E-state index contributed by atoms with van der Waals surface area (Å²) in [6, 6.07) is 2.72. The number of nitrogens with one attached hydrogen (secondary N) is 1. The lowest BCUT2D eigenvalue weighted by atomic mass is 9.81. The summed E-state index contributed by atoms with van der Waals surface area (Å²) in [5, 5.41) is 12.4. The molecule has 1 amide bonds. The van der Waals surface area contributed by atoms with Crippen LogP contribution < -0.4 is 5.32 Å². The summed E-state index contributed by atoms with van der Waals surface area (Å²) in [6.07, 6.45) is 7.78. The molecule has 1 saturated heterocycles. The Balaban J connectivity index is 1.80. The van der Waals surface area contributed by atoms with Crippen molar-refractivity contribution in [2.75, 3.05) is 13.1 Å². The van der Waals surface area contributed by atoms with Gasteiger partial charge < -0.3 is 5.32 Å². The average Bonchev–Trinajstić information content (AvgIpc) is 2.48. The minimum atomic E-state index is -0.198. The highest BCUT2D eigenvalue weighted by atomic mass is 16.2. The molecule has 0 bridgehead atoms. The van der Waals surface area contributed by atoms with Crippen molar-refractivity contribution in [2.24, 2.45) is 5.41 Å². The molecule has 4 nitrogen and oxygen atoms in total. The molecule has 0 aromatic heterocycles. The van der Waals surface area contributed by atoms with Crippen LogP contribution in [0, 0.1) is 16.7 Å². The summed E-state index contributed by atoms with van der Waals surface area (Å²) < 4.78 is 0. The molecule has 1 N–H and O–H groups in total. The number of nitrogens with zero attached hydrogens (tertiary/aromatic N) is 2. The van der Waals surface area contributed by atoms with Crippen molar-refractivity contribution in [3.8, 4) is 6.07 Å². The fourth-order valence-corrected chi connectivity index (χ4v) is 3.25. The lowest BCUT2D eigenvalue weighted by Crippen LogP contribution is -2.51. The van der Waals surface area contributed by atoms with Crippen LogP contribution in [-0.4, -0.2) is 36.0 Å². The molecule has 112 valence electrons. The van der Waals surface area contributed by atoms with E-state index < -0.39 is 0 Å². The van der Waals surface area contributed by atoms with Crippen LogP contribution in [-0.2, 0) is 4.79 Å². The second kappa shape index (κ2) is 6.58. The van der Waals surface area contributed by atoms with E-state index in [4.69, 9.17) is 5.26 Å². The van der Waals surface area contributed by atoms with Gasteiger partial charge in [-0.25, -0.2) is 0 Å². The number of hydrogen-bond donors (Lipinski definition) is 1. The molecule has 1 heterocycles. The Labute approximate surface area is 122 Å². The minimum Gasteiger partial charge on any atom is -0.352 e. The molecule has 2 aliphatic rings. The third-order valence-electron chi connectivity index (χ3n) is 5.05. The molecule has 1 aliphatic heterocycles. The topological polar surface area (TPSA) is 56.1 Å². The predicted octanol–water partition coefficient (Wildman–Crippen LogP) is 2.45. The van der Waals surface area contributed by atoms with E-state index >= 15 is 0 Å². The van der Waals surface area contributed by atoms with Crippen LogP contribution in [0.3, 0.4) is 0 Å². The number of hydrogen-bond acceptors (Lipinski definition) is 3. The highest BCUT2D eigenvalue weighted by molar-refractivity contribution is 5.81. The van der Waals surface area contributed by atoms with Gasteiger partial charge in [0, 0.05) is 19.1 Å². The molecule has 2 fully saturated rings. The fourth-order valence-electron chi connectivity index (χ4n) is 3.25. The van der Waals surface area contributed by atoms with Crippen LogP contribution in [0.2, 0.25) is 0 Å². The Hall–Kier alpha value is -1.08. The Morgan fingerprint density at radius 1 is 1.30 bits per heavy atom. The summed E-state index contributed by atoms with van der Waals surface area (Å²) in [7, 11) is 0. The number of piperidine rings is 1. The van der Waals surface area contributed by atoms with Gasteiger partial charge in [0.25, 0.3) is 0 Å². The van der Waals surface area contributed by atoms with Crippen LogP contribution in [0.4, 0.5) is 0 Å². The largest absolute Gasteiger partial charge is 0.352 e. The van der Waals surface area contributed by atoms with Crippen molar-refractivity contribution >= 4 is 5.91 Å². The lowest BCUT2D eigenvalue weighted by molar-refractivity contribution is -0.127. The standard InChI is InChI=1S/C16H27N3O/c1-13(15(20)18-14-6-4-3-5-7-14)19-10-8-16(2,12-17)9-11-19/h13-14H,3-11H2,1-2H3,(H,18,20). The smallest absolute Gasteiger partial charge is 0.237 e. The molecule has 0 radical (unpaired) electrons. The molecule has 0 spiro atoms. The maximum absolute atomic E-state index is 12.3. The zero-order valence-electron chi connectivity index (χ0n) is 12.8. The van der Waals surface area contributed by atoms with Crippen molar-refractivity contribution in [2.45, 2.75) is 70.9 Å². The van der Waals surface area contributed by atoms with E-state index in [1.807, 2.05) is 13.8 Å². The van der Waals surface area contributed by atoms with Gasteiger partial charge in [-0.2, -0.15) is 5.26 Å². The van der Waals surface area contributed by atoms with Crippen molar-refractivity contribution in [1.82, 2.24) is 10.2 Å². The van der Waals surface area contributed by atoms with E-state index in [0.29, 0.717) is 6.04 Å². The van der Waals surface area contributed by atoms with Gasteiger partial charge in [0.1, 0.15) is 0 Å². The quantitative estimate of drug-likeness (QED) is 0.862. The second-order valence-electron chi connectivity index (χ2n) is 6.73. The number of nitriles is 1. The third-order valence-corrected chi connectivity index (χ3v) is 5.05. The molecule has 0 aromatic carbocycles. The number of amides is 1. The van der Waals surface area contributed by atoms with Crippen LogP contribution >= 0.6 is 0 Å². The van der Waals surface area contributed by atoms with Crippen molar-refractivity contribution in [3.05, 3.63) is 0 Å². The first kappa shape index (κ1) is 15.3. The van der Waals surface area contributed by atoms with Gasteiger partial charge in [-0.05, 0) is 39.5 Å².